The first-order valence-electron chi connectivity index (χ1n) is 7.21. The molecule has 5 nitrogen and oxygen atoms in total. The molecule has 0 spiro atoms. The number of carbonyl (C=O) groups excluding carboxylic acids is 2. The van der Waals surface area contributed by atoms with Crippen molar-refractivity contribution in [1.82, 2.24) is 10.2 Å². The fraction of sp³-hybridized carbons (Fsp3) is 0.375. The van der Waals surface area contributed by atoms with Crippen molar-refractivity contribution >= 4 is 27.9 Å². The standard InChI is InChI=1S/C16H19BrN2O3/c1-4-19-10(3)13(15(20)22-5-2)14(18-16(19)21)11-7-6-8-12(17)9-11/h6-9,14H,4-5H2,1-3H3,(H,18,21). The Balaban J connectivity index is 2.53. The van der Waals surface area contributed by atoms with E-state index in [1.54, 1.807) is 18.7 Å². The minimum absolute atomic E-state index is 0.210. The molecule has 6 heteroatoms. The van der Waals surface area contributed by atoms with Crippen molar-refractivity contribution in [3.05, 3.63) is 45.6 Å². The molecule has 0 aromatic heterocycles. The molecule has 2 amide bonds. The number of halogens is 1. The minimum atomic E-state index is -0.508. The van der Waals surface area contributed by atoms with Crippen molar-refractivity contribution in [3.8, 4) is 0 Å². The summed E-state index contributed by atoms with van der Waals surface area (Å²) in [5.41, 5.74) is 1.94. The highest BCUT2D eigenvalue weighted by Crippen LogP contribution is 2.32. The Kier molecular flexibility index (Phi) is 5.24. The lowest BCUT2D eigenvalue weighted by Crippen LogP contribution is -2.47. The molecule has 1 heterocycles. The summed E-state index contributed by atoms with van der Waals surface area (Å²) >= 11 is 3.42. The summed E-state index contributed by atoms with van der Waals surface area (Å²) in [5.74, 6) is -0.400. The zero-order valence-electron chi connectivity index (χ0n) is 12.9. The third kappa shape index (κ3) is 3.16. The second kappa shape index (κ2) is 6.96. The summed E-state index contributed by atoms with van der Waals surface area (Å²) in [6.07, 6.45) is 0. The lowest BCUT2D eigenvalue weighted by molar-refractivity contribution is -0.139. The highest BCUT2D eigenvalue weighted by Gasteiger charge is 2.35. The lowest BCUT2D eigenvalue weighted by Gasteiger charge is -2.34. The Morgan fingerprint density at radius 3 is 2.73 bits per heavy atom. The molecule has 0 fully saturated rings. The van der Waals surface area contributed by atoms with Gasteiger partial charge in [-0.3, -0.25) is 4.90 Å². The third-order valence-corrected chi connectivity index (χ3v) is 4.08. The molecule has 2 rings (SSSR count). The van der Waals surface area contributed by atoms with Gasteiger partial charge in [0.15, 0.2) is 0 Å². The van der Waals surface area contributed by atoms with E-state index in [0.29, 0.717) is 24.4 Å². The van der Waals surface area contributed by atoms with E-state index >= 15 is 0 Å². The predicted octanol–water partition coefficient (Wildman–Crippen LogP) is 3.37. The fourth-order valence-corrected chi connectivity index (χ4v) is 2.99. The molecule has 0 bridgehead atoms. The number of nitrogens with one attached hydrogen (secondary N) is 1. The van der Waals surface area contributed by atoms with E-state index in [1.807, 2.05) is 31.2 Å². The number of ether oxygens (including phenoxy) is 1. The van der Waals surface area contributed by atoms with Crippen LogP contribution in [0.1, 0.15) is 32.4 Å². The highest BCUT2D eigenvalue weighted by molar-refractivity contribution is 9.10. The van der Waals surface area contributed by atoms with Gasteiger partial charge in [0.25, 0.3) is 0 Å². The van der Waals surface area contributed by atoms with Crippen LogP contribution in [-0.2, 0) is 9.53 Å². The Bertz CT molecular complexity index is 628. The van der Waals surface area contributed by atoms with Gasteiger partial charge in [-0.1, -0.05) is 28.1 Å². The van der Waals surface area contributed by atoms with Crippen LogP contribution in [-0.4, -0.2) is 30.1 Å². The lowest BCUT2D eigenvalue weighted by atomic mass is 9.95. The number of allylic oxidation sites excluding steroid dienone is 1. The summed E-state index contributed by atoms with van der Waals surface area (Å²) < 4.78 is 6.06. The minimum Gasteiger partial charge on any atom is -0.463 e. The summed E-state index contributed by atoms with van der Waals surface area (Å²) in [5, 5.41) is 2.89. The van der Waals surface area contributed by atoms with Crippen LogP contribution in [0.5, 0.6) is 0 Å². The van der Waals surface area contributed by atoms with Crippen LogP contribution < -0.4 is 5.32 Å². The number of nitrogens with zero attached hydrogens (tertiary/aromatic N) is 1. The fourth-order valence-electron chi connectivity index (χ4n) is 2.57. The van der Waals surface area contributed by atoms with Crippen LogP contribution in [0.2, 0.25) is 0 Å². The van der Waals surface area contributed by atoms with Crippen molar-refractivity contribution in [3.63, 3.8) is 0 Å². The number of hydrogen-bond acceptors (Lipinski definition) is 3. The van der Waals surface area contributed by atoms with Gasteiger partial charge in [0.1, 0.15) is 0 Å². The van der Waals surface area contributed by atoms with Crippen molar-refractivity contribution in [1.29, 1.82) is 0 Å². The second-order valence-electron chi connectivity index (χ2n) is 4.90. The van der Waals surface area contributed by atoms with Crippen LogP contribution >= 0.6 is 15.9 Å². The summed E-state index contributed by atoms with van der Waals surface area (Å²) in [6, 6.07) is 6.82. The molecule has 1 aromatic rings. The summed E-state index contributed by atoms with van der Waals surface area (Å²) in [4.78, 5) is 26.2. The zero-order valence-corrected chi connectivity index (χ0v) is 14.4. The van der Waals surface area contributed by atoms with Crippen molar-refractivity contribution < 1.29 is 14.3 Å². The van der Waals surface area contributed by atoms with Crippen LogP contribution in [0.4, 0.5) is 4.79 Å². The van der Waals surface area contributed by atoms with E-state index in [-0.39, 0.29) is 6.03 Å². The molecule has 0 radical (unpaired) electrons. The number of amides is 2. The Hall–Kier alpha value is -1.82. The molecule has 0 saturated heterocycles. The number of benzene rings is 1. The van der Waals surface area contributed by atoms with E-state index in [1.165, 1.54) is 0 Å². The van der Waals surface area contributed by atoms with Crippen LogP contribution in [0, 0.1) is 0 Å². The maximum atomic E-state index is 12.4. The number of esters is 1. The highest BCUT2D eigenvalue weighted by atomic mass is 79.9. The van der Waals surface area contributed by atoms with Gasteiger partial charge in [-0.2, -0.15) is 0 Å². The molecule has 0 saturated carbocycles. The average molecular weight is 367 g/mol. The van der Waals surface area contributed by atoms with Gasteiger partial charge in [-0.15, -0.1) is 0 Å². The SMILES string of the molecule is CCOC(=O)C1=C(C)N(CC)C(=O)NC1c1cccc(Br)c1. The van der Waals surface area contributed by atoms with Gasteiger partial charge < -0.3 is 10.1 Å². The molecule has 1 aliphatic heterocycles. The van der Waals surface area contributed by atoms with Crippen molar-refractivity contribution in [2.75, 3.05) is 13.2 Å². The Labute approximate surface area is 138 Å². The molecule has 22 heavy (non-hydrogen) atoms. The van der Waals surface area contributed by atoms with Gasteiger partial charge in [0.05, 0.1) is 18.2 Å². The Morgan fingerprint density at radius 2 is 2.14 bits per heavy atom. The first-order chi connectivity index (χ1) is 10.5. The molecular weight excluding hydrogens is 348 g/mol. The largest absolute Gasteiger partial charge is 0.463 e. The number of rotatable bonds is 4. The number of hydrogen-bond donors (Lipinski definition) is 1. The van der Waals surface area contributed by atoms with Gasteiger partial charge >= 0.3 is 12.0 Å². The monoisotopic (exact) mass is 366 g/mol. The van der Waals surface area contributed by atoms with E-state index in [0.717, 1.165) is 10.0 Å². The van der Waals surface area contributed by atoms with Gasteiger partial charge in [-0.25, -0.2) is 9.59 Å². The van der Waals surface area contributed by atoms with Crippen LogP contribution in [0.15, 0.2) is 40.0 Å². The molecule has 1 unspecified atom stereocenters. The summed E-state index contributed by atoms with van der Waals surface area (Å²) in [7, 11) is 0. The maximum absolute atomic E-state index is 12.4. The van der Waals surface area contributed by atoms with Crippen molar-refractivity contribution in [2.45, 2.75) is 26.8 Å². The molecule has 1 atom stereocenters. The zero-order chi connectivity index (χ0) is 16.3. The second-order valence-corrected chi connectivity index (χ2v) is 5.82. The van der Waals surface area contributed by atoms with E-state index in [2.05, 4.69) is 21.2 Å². The average Bonchev–Trinajstić information content (AvgIpc) is 2.47. The molecule has 1 N–H and O–H groups in total. The Morgan fingerprint density at radius 1 is 1.41 bits per heavy atom. The predicted molar refractivity (Wildman–Crippen MR) is 87.1 cm³/mol. The number of carbonyl (C=O) groups is 2. The molecule has 0 aliphatic carbocycles. The van der Waals surface area contributed by atoms with Gasteiger partial charge in [0, 0.05) is 16.7 Å². The molecule has 118 valence electrons. The van der Waals surface area contributed by atoms with E-state index in [4.69, 9.17) is 4.74 Å². The quantitative estimate of drug-likeness (QED) is 0.831. The van der Waals surface area contributed by atoms with Crippen LogP contribution in [0.25, 0.3) is 0 Å². The topological polar surface area (TPSA) is 58.6 Å². The molecule has 1 aromatic carbocycles. The van der Waals surface area contributed by atoms with Crippen molar-refractivity contribution in [2.24, 2.45) is 0 Å². The first-order valence-corrected chi connectivity index (χ1v) is 8.00. The maximum Gasteiger partial charge on any atom is 0.338 e. The third-order valence-electron chi connectivity index (χ3n) is 3.59. The van der Waals surface area contributed by atoms with Crippen LogP contribution in [0.3, 0.4) is 0 Å². The smallest absolute Gasteiger partial charge is 0.338 e. The summed E-state index contributed by atoms with van der Waals surface area (Å²) in [6.45, 7) is 6.19. The molecular formula is C16H19BrN2O3. The van der Waals surface area contributed by atoms with Gasteiger partial charge in [0.2, 0.25) is 0 Å². The van der Waals surface area contributed by atoms with E-state index in [9.17, 15) is 9.59 Å². The van der Waals surface area contributed by atoms with E-state index < -0.39 is 12.0 Å². The normalized spacial score (nSPS) is 18.3. The number of urea groups is 1. The molecule has 1 aliphatic rings. The first kappa shape index (κ1) is 16.5. The van der Waals surface area contributed by atoms with Gasteiger partial charge in [-0.05, 0) is 38.5 Å².